The first-order valence-electron chi connectivity index (χ1n) is 13.8. The molecule has 1 saturated heterocycles. The van der Waals surface area contributed by atoms with Crippen LogP contribution < -0.4 is 19.5 Å². The Bertz CT molecular complexity index is 1530. The van der Waals surface area contributed by atoms with E-state index in [0.29, 0.717) is 47.0 Å². The number of aromatic nitrogens is 3. The molecule has 2 heterocycles. The number of hydrogen-bond acceptors (Lipinski definition) is 8. The molecule has 11 nitrogen and oxygen atoms in total. The molecule has 2 amide bonds. The van der Waals surface area contributed by atoms with Crippen molar-refractivity contribution in [3.63, 3.8) is 0 Å². The molecular formula is C31H35N5O6. The standard InChI is InChI=1S/C31H35N5O6/c1-39-26-15-7-4-10-21(26)19-35(28(37)20-36-25-14-6-5-13-24(25)33-34-36)29(31(38)32-18-22-11-9-17-42-22)23-12-8-16-27(40-2)30(23)41-3/h4-8,10,12-16,22,29H,9,11,17-20H2,1-3H3,(H,32,38)/t22-,29-/m1/s1. The molecule has 0 spiro atoms. The van der Waals surface area contributed by atoms with Gasteiger partial charge in [-0.3, -0.25) is 9.59 Å². The topological polar surface area (TPSA) is 117 Å². The van der Waals surface area contributed by atoms with Crippen molar-refractivity contribution in [3.05, 3.63) is 77.9 Å². The molecule has 3 aromatic carbocycles. The van der Waals surface area contributed by atoms with Gasteiger partial charge in [-0.2, -0.15) is 0 Å². The Hall–Kier alpha value is -4.64. The molecule has 2 atom stereocenters. The summed E-state index contributed by atoms with van der Waals surface area (Å²) in [6.07, 6.45) is 1.72. The van der Waals surface area contributed by atoms with Gasteiger partial charge in [0.2, 0.25) is 11.8 Å². The lowest BCUT2D eigenvalue weighted by Gasteiger charge is -2.33. The average molecular weight is 574 g/mol. The van der Waals surface area contributed by atoms with E-state index in [1.165, 1.54) is 23.8 Å². The van der Waals surface area contributed by atoms with Crippen molar-refractivity contribution in [2.75, 3.05) is 34.5 Å². The summed E-state index contributed by atoms with van der Waals surface area (Å²) >= 11 is 0. The minimum atomic E-state index is -1.08. The van der Waals surface area contributed by atoms with E-state index in [9.17, 15) is 9.59 Å². The van der Waals surface area contributed by atoms with Crippen molar-refractivity contribution in [2.24, 2.45) is 0 Å². The summed E-state index contributed by atoms with van der Waals surface area (Å²) in [7, 11) is 4.61. The normalized spacial score (nSPS) is 15.3. The van der Waals surface area contributed by atoms with Gasteiger partial charge in [-0.15, -0.1) is 5.10 Å². The Morgan fingerprint density at radius 3 is 2.52 bits per heavy atom. The first kappa shape index (κ1) is 28.9. The molecule has 0 aliphatic carbocycles. The average Bonchev–Trinajstić information content (AvgIpc) is 3.70. The van der Waals surface area contributed by atoms with Crippen LogP contribution >= 0.6 is 0 Å². The number of methoxy groups -OCH3 is 3. The highest BCUT2D eigenvalue weighted by atomic mass is 16.5. The van der Waals surface area contributed by atoms with Crippen LogP contribution in [-0.4, -0.2) is 72.3 Å². The minimum Gasteiger partial charge on any atom is -0.496 e. The van der Waals surface area contributed by atoms with Crippen LogP contribution in [0.25, 0.3) is 11.0 Å². The van der Waals surface area contributed by atoms with E-state index >= 15 is 0 Å². The Morgan fingerprint density at radius 1 is 1.00 bits per heavy atom. The quantitative estimate of drug-likeness (QED) is 0.274. The van der Waals surface area contributed by atoms with E-state index in [2.05, 4.69) is 15.6 Å². The second-order valence-corrected chi connectivity index (χ2v) is 9.93. The van der Waals surface area contributed by atoms with Gasteiger partial charge in [-0.05, 0) is 37.1 Å². The predicted molar refractivity (Wildman–Crippen MR) is 155 cm³/mol. The zero-order chi connectivity index (χ0) is 29.5. The number of nitrogens with one attached hydrogen (secondary N) is 1. The lowest BCUT2D eigenvalue weighted by Crippen LogP contribution is -2.46. The molecule has 0 saturated carbocycles. The molecule has 1 aromatic heterocycles. The third-order valence-electron chi connectivity index (χ3n) is 7.37. The van der Waals surface area contributed by atoms with Gasteiger partial charge in [0.25, 0.3) is 0 Å². The van der Waals surface area contributed by atoms with Crippen LogP contribution in [0.15, 0.2) is 66.7 Å². The monoisotopic (exact) mass is 573 g/mol. The van der Waals surface area contributed by atoms with E-state index in [1.807, 2.05) is 48.5 Å². The van der Waals surface area contributed by atoms with Gasteiger partial charge >= 0.3 is 0 Å². The Labute approximate surface area is 244 Å². The molecule has 4 aromatic rings. The van der Waals surface area contributed by atoms with Crippen molar-refractivity contribution in [3.8, 4) is 17.2 Å². The fraction of sp³-hybridized carbons (Fsp3) is 0.355. The van der Waals surface area contributed by atoms with Crippen LogP contribution in [0.5, 0.6) is 17.2 Å². The molecule has 5 rings (SSSR count). The fourth-order valence-electron chi connectivity index (χ4n) is 5.29. The van der Waals surface area contributed by atoms with Crippen molar-refractivity contribution >= 4 is 22.8 Å². The summed E-state index contributed by atoms with van der Waals surface area (Å²) in [5.41, 5.74) is 2.59. The summed E-state index contributed by atoms with van der Waals surface area (Å²) in [6, 6.07) is 19.0. The highest BCUT2D eigenvalue weighted by molar-refractivity contribution is 5.90. The highest BCUT2D eigenvalue weighted by Gasteiger charge is 2.36. The van der Waals surface area contributed by atoms with Crippen molar-refractivity contribution < 1.29 is 28.5 Å². The zero-order valence-corrected chi connectivity index (χ0v) is 24.0. The number of ether oxygens (including phenoxy) is 4. The summed E-state index contributed by atoms with van der Waals surface area (Å²) in [6.45, 7) is 0.926. The van der Waals surface area contributed by atoms with E-state index in [-0.39, 0.29) is 31.0 Å². The molecule has 0 radical (unpaired) electrons. The summed E-state index contributed by atoms with van der Waals surface area (Å²) in [5, 5.41) is 11.4. The van der Waals surface area contributed by atoms with E-state index in [0.717, 1.165) is 18.4 Å². The van der Waals surface area contributed by atoms with Crippen molar-refractivity contribution in [2.45, 2.75) is 38.1 Å². The van der Waals surface area contributed by atoms with Crippen LogP contribution in [0.2, 0.25) is 0 Å². The van der Waals surface area contributed by atoms with E-state index in [1.54, 1.807) is 25.3 Å². The van der Waals surface area contributed by atoms with Crippen molar-refractivity contribution in [1.82, 2.24) is 25.2 Å². The molecule has 0 unspecified atom stereocenters. The molecule has 1 fully saturated rings. The van der Waals surface area contributed by atoms with E-state index in [4.69, 9.17) is 18.9 Å². The second-order valence-electron chi connectivity index (χ2n) is 9.93. The number of rotatable bonds is 12. The zero-order valence-electron chi connectivity index (χ0n) is 24.0. The maximum Gasteiger partial charge on any atom is 0.247 e. The molecule has 11 heteroatoms. The Kier molecular flexibility index (Phi) is 9.18. The summed E-state index contributed by atoms with van der Waals surface area (Å²) < 4.78 is 24.2. The number of nitrogens with zero attached hydrogens (tertiary/aromatic N) is 4. The van der Waals surface area contributed by atoms with Crippen molar-refractivity contribution in [1.29, 1.82) is 0 Å². The highest BCUT2D eigenvalue weighted by Crippen LogP contribution is 2.38. The number of benzene rings is 3. The molecule has 42 heavy (non-hydrogen) atoms. The number of carbonyl (C=O) groups excluding carboxylic acids is 2. The van der Waals surface area contributed by atoms with Gasteiger partial charge in [-0.1, -0.05) is 47.7 Å². The van der Waals surface area contributed by atoms with Crippen LogP contribution in [0, 0.1) is 0 Å². The van der Waals surface area contributed by atoms with Crippen LogP contribution in [-0.2, 0) is 27.4 Å². The maximum absolute atomic E-state index is 14.3. The van der Waals surface area contributed by atoms with E-state index < -0.39 is 6.04 Å². The summed E-state index contributed by atoms with van der Waals surface area (Å²) in [5.74, 6) is 0.681. The van der Waals surface area contributed by atoms with Crippen LogP contribution in [0.3, 0.4) is 0 Å². The molecule has 1 aliphatic rings. The van der Waals surface area contributed by atoms with Crippen LogP contribution in [0.4, 0.5) is 0 Å². The number of para-hydroxylation sites is 3. The molecule has 1 N–H and O–H groups in total. The summed E-state index contributed by atoms with van der Waals surface area (Å²) in [4.78, 5) is 30.0. The van der Waals surface area contributed by atoms with Gasteiger partial charge in [0, 0.05) is 24.3 Å². The van der Waals surface area contributed by atoms with Gasteiger partial charge < -0.3 is 29.2 Å². The third kappa shape index (κ3) is 6.15. The molecule has 220 valence electrons. The first-order chi connectivity index (χ1) is 20.5. The molecule has 0 bridgehead atoms. The van der Waals surface area contributed by atoms with Crippen LogP contribution in [0.1, 0.15) is 30.0 Å². The largest absolute Gasteiger partial charge is 0.496 e. The van der Waals surface area contributed by atoms with Gasteiger partial charge in [0.1, 0.15) is 23.9 Å². The minimum absolute atomic E-state index is 0.0772. The molecule has 1 aliphatic heterocycles. The van der Waals surface area contributed by atoms with Gasteiger partial charge in [0.05, 0.1) is 39.5 Å². The third-order valence-corrected chi connectivity index (χ3v) is 7.37. The van der Waals surface area contributed by atoms with Gasteiger partial charge in [0.15, 0.2) is 11.5 Å². The maximum atomic E-state index is 14.3. The first-order valence-corrected chi connectivity index (χ1v) is 13.8. The Balaban J connectivity index is 1.59. The SMILES string of the molecule is COc1ccccc1CN(C(=O)Cn1nnc2ccccc21)[C@@H](C(=O)NC[C@H]1CCCO1)c1cccc(OC)c1OC. The number of hydrogen-bond donors (Lipinski definition) is 1. The number of carbonyl (C=O) groups is 2. The number of fused-ring (bicyclic) bond motifs is 1. The lowest BCUT2D eigenvalue weighted by atomic mass is 10.0. The lowest BCUT2D eigenvalue weighted by molar-refractivity contribution is -0.142. The Morgan fingerprint density at radius 2 is 1.76 bits per heavy atom. The predicted octanol–water partition coefficient (Wildman–Crippen LogP) is 3.52. The fourth-order valence-corrected chi connectivity index (χ4v) is 5.29. The number of amides is 2. The van der Waals surface area contributed by atoms with Gasteiger partial charge in [-0.25, -0.2) is 4.68 Å². The second kappa shape index (κ2) is 13.3. The smallest absolute Gasteiger partial charge is 0.247 e. The molecular weight excluding hydrogens is 538 g/mol.